The van der Waals surface area contributed by atoms with Crippen molar-refractivity contribution in [2.75, 3.05) is 6.54 Å². The zero-order chi connectivity index (χ0) is 16.4. The van der Waals surface area contributed by atoms with Gasteiger partial charge in [0.15, 0.2) is 0 Å². The molecule has 0 bridgehead atoms. The number of aromatic amines is 1. The van der Waals surface area contributed by atoms with Crippen LogP contribution in [0.25, 0.3) is 16.6 Å². The van der Waals surface area contributed by atoms with Crippen molar-refractivity contribution in [3.05, 3.63) is 72.3 Å². The summed E-state index contributed by atoms with van der Waals surface area (Å²) in [4.78, 5) is 19.8. The number of imidazole rings is 1. The lowest BCUT2D eigenvalue weighted by atomic mass is 10.1. The highest BCUT2D eigenvalue weighted by Crippen LogP contribution is 2.17. The van der Waals surface area contributed by atoms with Crippen LogP contribution in [-0.4, -0.2) is 26.8 Å². The van der Waals surface area contributed by atoms with E-state index in [9.17, 15) is 4.79 Å². The molecule has 0 fully saturated rings. The van der Waals surface area contributed by atoms with Crippen LogP contribution < -0.4 is 5.32 Å². The number of para-hydroxylation sites is 1. The van der Waals surface area contributed by atoms with Crippen molar-refractivity contribution in [1.29, 1.82) is 0 Å². The van der Waals surface area contributed by atoms with Crippen LogP contribution >= 0.6 is 0 Å². The number of hydrogen-bond acceptors (Lipinski definition) is 2. The molecule has 0 saturated carbocycles. The molecule has 5 nitrogen and oxygen atoms in total. The van der Waals surface area contributed by atoms with E-state index in [0.29, 0.717) is 13.0 Å². The van der Waals surface area contributed by atoms with E-state index in [0.717, 1.165) is 23.3 Å². The van der Waals surface area contributed by atoms with Crippen molar-refractivity contribution >= 4 is 22.5 Å². The summed E-state index contributed by atoms with van der Waals surface area (Å²) < 4.78 is 1.93. The van der Waals surface area contributed by atoms with Crippen molar-refractivity contribution in [3.8, 4) is 0 Å². The third kappa shape index (κ3) is 2.88. The first-order valence-electron chi connectivity index (χ1n) is 8.04. The molecule has 0 aliphatic rings. The second kappa shape index (κ2) is 6.20. The molecule has 2 N–H and O–H groups in total. The quantitative estimate of drug-likeness (QED) is 0.594. The second-order valence-electron chi connectivity index (χ2n) is 5.83. The molecule has 0 unspecified atom stereocenters. The van der Waals surface area contributed by atoms with E-state index in [-0.39, 0.29) is 5.91 Å². The minimum absolute atomic E-state index is 0.00162. The van der Waals surface area contributed by atoms with Crippen LogP contribution in [0.4, 0.5) is 0 Å². The normalized spacial score (nSPS) is 11.2. The monoisotopic (exact) mass is 318 g/mol. The zero-order valence-corrected chi connectivity index (χ0v) is 13.2. The molecular weight excluding hydrogens is 300 g/mol. The lowest BCUT2D eigenvalue weighted by molar-refractivity contribution is -0.120. The second-order valence-corrected chi connectivity index (χ2v) is 5.83. The average Bonchev–Trinajstić information content (AvgIpc) is 3.18. The summed E-state index contributed by atoms with van der Waals surface area (Å²) in [7, 11) is 0. The Balaban J connectivity index is 1.35. The molecule has 120 valence electrons. The first-order chi connectivity index (χ1) is 11.8. The molecule has 1 amide bonds. The molecular formula is C19H18N4O. The highest BCUT2D eigenvalue weighted by molar-refractivity contribution is 5.83. The first-order valence-corrected chi connectivity index (χ1v) is 8.04. The number of H-pyrrole nitrogens is 1. The summed E-state index contributed by atoms with van der Waals surface area (Å²) >= 11 is 0. The lowest BCUT2D eigenvalue weighted by Crippen LogP contribution is -2.27. The molecule has 24 heavy (non-hydrogen) atoms. The van der Waals surface area contributed by atoms with Gasteiger partial charge in [0.2, 0.25) is 5.91 Å². The van der Waals surface area contributed by atoms with E-state index in [1.165, 1.54) is 10.9 Å². The van der Waals surface area contributed by atoms with E-state index in [2.05, 4.69) is 27.4 Å². The Morgan fingerprint density at radius 2 is 2.04 bits per heavy atom. The molecule has 0 saturated heterocycles. The molecule has 3 heterocycles. The van der Waals surface area contributed by atoms with Crippen molar-refractivity contribution in [3.63, 3.8) is 0 Å². The summed E-state index contributed by atoms with van der Waals surface area (Å²) in [5, 5.41) is 4.19. The number of hydrogen-bond donors (Lipinski definition) is 2. The fourth-order valence-electron chi connectivity index (χ4n) is 2.97. The number of nitrogens with one attached hydrogen (secondary N) is 2. The maximum absolute atomic E-state index is 12.1. The summed E-state index contributed by atoms with van der Waals surface area (Å²) in [5.41, 5.74) is 3.99. The van der Waals surface area contributed by atoms with Crippen molar-refractivity contribution < 1.29 is 4.79 Å². The highest BCUT2D eigenvalue weighted by atomic mass is 16.1. The van der Waals surface area contributed by atoms with Gasteiger partial charge in [0.1, 0.15) is 5.65 Å². The minimum atomic E-state index is -0.00162. The molecule has 0 radical (unpaired) electrons. The van der Waals surface area contributed by atoms with Crippen LogP contribution in [0.1, 0.15) is 11.3 Å². The molecule has 5 heteroatoms. The number of fused-ring (bicyclic) bond motifs is 2. The Labute approximate surface area is 139 Å². The number of carbonyl (C=O) groups excluding carboxylic acids is 1. The summed E-state index contributed by atoms with van der Waals surface area (Å²) in [5.74, 6) is -0.00162. The predicted molar refractivity (Wildman–Crippen MR) is 93.9 cm³/mol. The molecule has 0 spiro atoms. The van der Waals surface area contributed by atoms with Gasteiger partial charge in [-0.1, -0.05) is 24.3 Å². The Morgan fingerprint density at radius 1 is 1.17 bits per heavy atom. The van der Waals surface area contributed by atoms with Crippen LogP contribution in [0.15, 0.2) is 61.1 Å². The molecule has 0 atom stereocenters. The van der Waals surface area contributed by atoms with Gasteiger partial charge in [-0.3, -0.25) is 4.79 Å². The van der Waals surface area contributed by atoms with Gasteiger partial charge in [-0.05, 0) is 30.2 Å². The molecule has 4 aromatic rings. The topological polar surface area (TPSA) is 62.2 Å². The smallest absolute Gasteiger partial charge is 0.226 e. The third-order valence-electron chi connectivity index (χ3n) is 4.15. The van der Waals surface area contributed by atoms with E-state index in [1.807, 2.05) is 53.3 Å². The number of carbonyl (C=O) groups is 1. The third-order valence-corrected chi connectivity index (χ3v) is 4.15. The zero-order valence-electron chi connectivity index (χ0n) is 13.2. The fraction of sp³-hybridized carbons (Fsp3) is 0.158. The highest BCUT2D eigenvalue weighted by Gasteiger charge is 2.08. The summed E-state index contributed by atoms with van der Waals surface area (Å²) in [6.45, 7) is 0.619. The standard InChI is InChI=1S/C19H18N4O/c24-19(11-15-13-23-10-4-3-7-18(23)22-15)20-9-8-14-12-21-17-6-2-1-5-16(14)17/h1-7,10,12-13,21H,8-9,11H2,(H,20,24). The summed E-state index contributed by atoms with van der Waals surface area (Å²) in [6, 6.07) is 14.0. The van der Waals surface area contributed by atoms with E-state index >= 15 is 0 Å². The average molecular weight is 318 g/mol. The lowest BCUT2D eigenvalue weighted by Gasteiger charge is -2.03. The van der Waals surface area contributed by atoms with Crippen LogP contribution in [0.5, 0.6) is 0 Å². The van der Waals surface area contributed by atoms with Crippen molar-refractivity contribution in [1.82, 2.24) is 19.7 Å². The number of pyridine rings is 1. The SMILES string of the molecule is O=C(Cc1cn2ccccc2n1)NCCc1c[nH]c2ccccc12. The number of aromatic nitrogens is 3. The van der Waals surface area contributed by atoms with Gasteiger partial charge in [-0.25, -0.2) is 4.98 Å². The van der Waals surface area contributed by atoms with Gasteiger partial charge in [0.25, 0.3) is 0 Å². The first kappa shape index (κ1) is 14.5. The van der Waals surface area contributed by atoms with E-state index in [4.69, 9.17) is 0 Å². The minimum Gasteiger partial charge on any atom is -0.361 e. The molecule has 4 rings (SSSR count). The van der Waals surface area contributed by atoms with Crippen molar-refractivity contribution in [2.24, 2.45) is 0 Å². The van der Waals surface area contributed by atoms with Gasteiger partial charge in [0.05, 0.1) is 12.1 Å². The van der Waals surface area contributed by atoms with Gasteiger partial charge in [0, 0.05) is 36.0 Å². The Bertz CT molecular complexity index is 966. The Morgan fingerprint density at radius 3 is 2.96 bits per heavy atom. The van der Waals surface area contributed by atoms with Crippen LogP contribution in [0, 0.1) is 0 Å². The molecule has 0 aliphatic carbocycles. The van der Waals surface area contributed by atoms with Gasteiger partial charge >= 0.3 is 0 Å². The molecule has 0 aliphatic heterocycles. The van der Waals surface area contributed by atoms with Crippen LogP contribution in [0.2, 0.25) is 0 Å². The van der Waals surface area contributed by atoms with Crippen molar-refractivity contribution in [2.45, 2.75) is 12.8 Å². The van der Waals surface area contributed by atoms with Crippen LogP contribution in [0.3, 0.4) is 0 Å². The van der Waals surface area contributed by atoms with Crippen LogP contribution in [-0.2, 0) is 17.6 Å². The fourth-order valence-corrected chi connectivity index (χ4v) is 2.97. The maximum Gasteiger partial charge on any atom is 0.226 e. The Kier molecular flexibility index (Phi) is 3.75. The number of nitrogens with zero attached hydrogens (tertiary/aromatic N) is 2. The largest absolute Gasteiger partial charge is 0.361 e. The molecule has 3 aromatic heterocycles. The van der Waals surface area contributed by atoms with Gasteiger partial charge in [-0.15, -0.1) is 0 Å². The van der Waals surface area contributed by atoms with E-state index in [1.54, 1.807) is 0 Å². The summed E-state index contributed by atoms with van der Waals surface area (Å²) in [6.07, 6.45) is 6.95. The maximum atomic E-state index is 12.1. The van der Waals surface area contributed by atoms with E-state index < -0.39 is 0 Å². The Hall–Kier alpha value is -3.08. The van der Waals surface area contributed by atoms with Gasteiger partial charge in [-0.2, -0.15) is 0 Å². The number of benzene rings is 1. The van der Waals surface area contributed by atoms with Gasteiger partial charge < -0.3 is 14.7 Å². The number of rotatable bonds is 5. The molecule has 1 aromatic carbocycles. The predicted octanol–water partition coefficient (Wildman–Crippen LogP) is 2.72. The number of amides is 1.